The van der Waals surface area contributed by atoms with Crippen LogP contribution in [0.25, 0.3) is 0 Å². The number of unbranched alkanes of at least 4 members (excludes halogenated alkanes) is 1. The van der Waals surface area contributed by atoms with E-state index in [0.717, 1.165) is 0 Å². The second-order valence-electron chi connectivity index (χ2n) is 10.3. The molecule has 2 aromatic rings. The first kappa shape index (κ1) is 28.4. The number of nitrogens with zero attached hydrogens (tertiary/aromatic N) is 1. The average Bonchev–Trinajstić information content (AvgIpc) is 3.54. The van der Waals surface area contributed by atoms with Gasteiger partial charge < -0.3 is 34.9 Å². The smallest absolute Gasteiger partial charge is 0.250 e. The van der Waals surface area contributed by atoms with Gasteiger partial charge in [-0.05, 0) is 74.7 Å². The first-order valence-corrected chi connectivity index (χ1v) is 14.5. The summed E-state index contributed by atoms with van der Waals surface area (Å²) in [6, 6.07) is 13.0. The Bertz CT molecular complexity index is 1240. The van der Waals surface area contributed by atoms with E-state index in [4.69, 9.17) is 14.2 Å². The van der Waals surface area contributed by atoms with Gasteiger partial charge in [0, 0.05) is 29.4 Å². The maximum Gasteiger partial charge on any atom is 0.250 e. The van der Waals surface area contributed by atoms with Gasteiger partial charge in [-0.1, -0.05) is 15.9 Å². The highest BCUT2D eigenvalue weighted by Crippen LogP contribution is 2.60. The third kappa shape index (κ3) is 5.06. The number of hydrogen-bond donors (Lipinski definition) is 3. The summed E-state index contributed by atoms with van der Waals surface area (Å²) in [4.78, 5) is 42.8. The van der Waals surface area contributed by atoms with Crippen molar-refractivity contribution < 1.29 is 33.7 Å². The predicted molar refractivity (Wildman–Crippen MR) is 152 cm³/mol. The summed E-state index contributed by atoms with van der Waals surface area (Å²) in [5, 5.41) is 15.2. The zero-order chi connectivity index (χ0) is 28.4. The van der Waals surface area contributed by atoms with Crippen LogP contribution in [-0.4, -0.2) is 77.2 Å². The van der Waals surface area contributed by atoms with Gasteiger partial charge in [-0.2, -0.15) is 0 Å². The van der Waals surface area contributed by atoms with E-state index < -0.39 is 29.6 Å². The number of aliphatic hydroxyl groups is 1. The number of fused-ring (bicyclic) bond motifs is 1. The highest BCUT2D eigenvalue weighted by Gasteiger charge is 2.76. The molecule has 2 aromatic carbocycles. The lowest BCUT2D eigenvalue weighted by Gasteiger charge is -2.34. The molecule has 3 N–H and O–H groups in total. The molecule has 3 aliphatic heterocycles. The number of hydrogen-bond acceptors (Lipinski definition) is 7. The van der Waals surface area contributed by atoms with Crippen LogP contribution in [0.15, 0.2) is 48.5 Å². The first-order valence-electron chi connectivity index (χ1n) is 13.5. The zero-order valence-corrected chi connectivity index (χ0v) is 24.1. The van der Waals surface area contributed by atoms with E-state index in [1.807, 2.05) is 6.92 Å². The molecule has 10 nitrogen and oxygen atoms in total. The van der Waals surface area contributed by atoms with E-state index in [1.165, 1.54) is 4.90 Å². The fraction of sp³-hybridized carbons (Fsp3) is 0.483. The lowest BCUT2D eigenvalue weighted by molar-refractivity contribution is -0.139. The standard InChI is InChI=1S/C29H34BrN3O7/c1-3-39-20-12-8-17(9-13-20)31-26(35)22-23-28(37)33(14-4-5-15-34)25(29(23)16-21(30)24(22)40-29)27(36)32-18-6-10-19(38-2)11-7-18/h6-13,21-25,34H,3-5,14-16H2,1-2H3,(H,31,35)(H,32,36)/t21?,22-,23+,24-,25?,29?/m1/s1. The highest BCUT2D eigenvalue weighted by atomic mass is 79.9. The summed E-state index contributed by atoms with van der Waals surface area (Å²) in [5.41, 5.74) is -0.0245. The van der Waals surface area contributed by atoms with Gasteiger partial charge in [0.25, 0.3) is 0 Å². The number of methoxy groups -OCH3 is 1. The van der Waals surface area contributed by atoms with Gasteiger partial charge in [0.2, 0.25) is 17.7 Å². The maximum atomic E-state index is 14.0. The molecule has 11 heteroatoms. The van der Waals surface area contributed by atoms with Crippen molar-refractivity contribution >= 4 is 45.0 Å². The van der Waals surface area contributed by atoms with Crippen molar-refractivity contribution in [1.82, 2.24) is 4.90 Å². The van der Waals surface area contributed by atoms with Gasteiger partial charge >= 0.3 is 0 Å². The molecule has 2 bridgehead atoms. The fourth-order valence-electron chi connectivity index (χ4n) is 6.28. The maximum absolute atomic E-state index is 14.0. The van der Waals surface area contributed by atoms with Crippen molar-refractivity contribution in [3.8, 4) is 11.5 Å². The molecule has 0 saturated carbocycles. The quantitative estimate of drug-likeness (QED) is 0.262. The largest absolute Gasteiger partial charge is 0.497 e. The Morgan fingerprint density at radius 2 is 1.68 bits per heavy atom. The van der Waals surface area contributed by atoms with E-state index in [1.54, 1.807) is 55.6 Å². The van der Waals surface area contributed by atoms with Crippen LogP contribution in [-0.2, 0) is 19.1 Å². The van der Waals surface area contributed by atoms with Gasteiger partial charge in [0.1, 0.15) is 23.1 Å². The summed E-state index contributed by atoms with van der Waals surface area (Å²) in [5.74, 6) is -1.23. The molecule has 3 heterocycles. The average molecular weight is 617 g/mol. The molecule has 3 aliphatic rings. The summed E-state index contributed by atoms with van der Waals surface area (Å²) in [7, 11) is 1.56. The lowest BCUT2D eigenvalue weighted by atomic mass is 9.70. The number of alkyl halides is 1. The van der Waals surface area contributed by atoms with Crippen LogP contribution < -0.4 is 20.1 Å². The molecule has 6 atom stereocenters. The van der Waals surface area contributed by atoms with Gasteiger partial charge in [-0.25, -0.2) is 0 Å². The molecule has 1 spiro atoms. The molecular formula is C29H34BrN3O7. The number of halogens is 1. The van der Waals surface area contributed by atoms with Crippen LogP contribution in [0.5, 0.6) is 11.5 Å². The summed E-state index contributed by atoms with van der Waals surface area (Å²) >= 11 is 3.68. The number of ether oxygens (including phenoxy) is 3. The second-order valence-corrected chi connectivity index (χ2v) is 11.5. The highest BCUT2D eigenvalue weighted by molar-refractivity contribution is 9.09. The molecule has 0 radical (unpaired) electrons. The van der Waals surface area contributed by atoms with Crippen molar-refractivity contribution in [2.75, 3.05) is 37.5 Å². The molecular weight excluding hydrogens is 582 g/mol. The second kappa shape index (κ2) is 11.8. The van der Waals surface area contributed by atoms with Crippen LogP contribution in [0, 0.1) is 11.8 Å². The zero-order valence-electron chi connectivity index (χ0n) is 22.5. The number of nitrogens with one attached hydrogen (secondary N) is 2. The third-order valence-electron chi connectivity index (χ3n) is 7.94. The van der Waals surface area contributed by atoms with Crippen LogP contribution in [0.1, 0.15) is 26.2 Å². The van der Waals surface area contributed by atoms with E-state index in [0.29, 0.717) is 48.7 Å². The number of benzene rings is 2. The fourth-order valence-corrected chi connectivity index (χ4v) is 7.22. The summed E-state index contributed by atoms with van der Waals surface area (Å²) in [6.45, 7) is 2.68. The minimum atomic E-state index is -1.16. The lowest BCUT2D eigenvalue weighted by Crippen LogP contribution is -2.54. The summed E-state index contributed by atoms with van der Waals surface area (Å²) < 4.78 is 17.2. The van der Waals surface area contributed by atoms with E-state index in [-0.39, 0.29) is 35.7 Å². The minimum absolute atomic E-state index is 0.0194. The Morgan fingerprint density at radius 1 is 1.05 bits per heavy atom. The van der Waals surface area contributed by atoms with Crippen LogP contribution in [0.2, 0.25) is 0 Å². The van der Waals surface area contributed by atoms with Gasteiger partial charge in [-0.15, -0.1) is 0 Å². The van der Waals surface area contributed by atoms with E-state index in [9.17, 15) is 19.5 Å². The molecule has 0 aliphatic carbocycles. The van der Waals surface area contributed by atoms with Crippen LogP contribution in [0.4, 0.5) is 11.4 Å². The van der Waals surface area contributed by atoms with Crippen molar-refractivity contribution in [1.29, 1.82) is 0 Å². The predicted octanol–water partition coefficient (Wildman–Crippen LogP) is 3.19. The third-order valence-corrected chi connectivity index (χ3v) is 8.78. The Labute approximate surface area is 241 Å². The Kier molecular flexibility index (Phi) is 8.34. The molecule has 3 fully saturated rings. The molecule has 214 valence electrons. The Balaban J connectivity index is 1.42. The SMILES string of the molecule is CCOc1ccc(NC(=O)[C@H]2[C@@H]3OC4(CC3Br)C(C(=O)Nc3ccc(OC)cc3)N(CCCCO)C(=O)[C@H]24)cc1. The van der Waals surface area contributed by atoms with Crippen LogP contribution >= 0.6 is 15.9 Å². The number of carbonyl (C=O) groups excluding carboxylic acids is 3. The monoisotopic (exact) mass is 615 g/mol. The van der Waals surface area contributed by atoms with Crippen molar-refractivity contribution in [3.63, 3.8) is 0 Å². The van der Waals surface area contributed by atoms with Crippen molar-refractivity contribution in [3.05, 3.63) is 48.5 Å². The first-order chi connectivity index (χ1) is 19.3. The number of carbonyl (C=O) groups is 3. The number of aliphatic hydroxyl groups excluding tert-OH is 1. The normalized spacial score (nSPS) is 28.4. The Morgan fingerprint density at radius 3 is 2.27 bits per heavy atom. The summed E-state index contributed by atoms with van der Waals surface area (Å²) in [6.07, 6.45) is 0.854. The topological polar surface area (TPSA) is 126 Å². The molecule has 0 aromatic heterocycles. The van der Waals surface area contributed by atoms with Gasteiger partial charge in [0.15, 0.2) is 0 Å². The molecule has 3 unspecified atom stereocenters. The van der Waals surface area contributed by atoms with Crippen LogP contribution in [0.3, 0.4) is 0 Å². The molecule has 3 saturated heterocycles. The van der Waals surface area contributed by atoms with Gasteiger partial charge in [0.05, 0.1) is 31.7 Å². The number of likely N-dealkylation sites (tertiary alicyclic amines) is 1. The number of anilines is 2. The minimum Gasteiger partial charge on any atom is -0.497 e. The number of amides is 3. The van der Waals surface area contributed by atoms with Crippen molar-refractivity contribution in [2.24, 2.45) is 11.8 Å². The van der Waals surface area contributed by atoms with E-state index in [2.05, 4.69) is 26.6 Å². The molecule has 40 heavy (non-hydrogen) atoms. The number of rotatable bonds is 11. The molecule has 3 amide bonds. The van der Waals surface area contributed by atoms with Crippen molar-refractivity contribution in [2.45, 2.75) is 48.8 Å². The molecule has 5 rings (SSSR count). The Hall–Kier alpha value is -3.15. The van der Waals surface area contributed by atoms with Gasteiger partial charge in [-0.3, -0.25) is 14.4 Å². The van der Waals surface area contributed by atoms with E-state index >= 15 is 0 Å².